The Morgan fingerprint density at radius 3 is 2.00 bits per heavy atom. The zero-order valence-electron chi connectivity index (χ0n) is 14.2. The molecule has 0 aromatic heterocycles. The quantitative estimate of drug-likeness (QED) is 0.762. The van der Waals surface area contributed by atoms with Gasteiger partial charge in [0.2, 0.25) is 8.32 Å². The summed E-state index contributed by atoms with van der Waals surface area (Å²) in [6, 6.07) is 0. The summed E-state index contributed by atoms with van der Waals surface area (Å²) in [5, 5.41) is 10.9. The molecule has 0 aliphatic heterocycles. The number of hydrogen-bond donors (Lipinski definition) is 1. The van der Waals surface area contributed by atoms with Gasteiger partial charge in [-0.25, -0.2) is 0 Å². The fourth-order valence-corrected chi connectivity index (χ4v) is 6.38. The predicted octanol–water partition coefficient (Wildman–Crippen LogP) is 4.76. The summed E-state index contributed by atoms with van der Waals surface area (Å²) in [6.45, 7) is 20.2. The summed E-state index contributed by atoms with van der Waals surface area (Å²) in [7, 11) is -3.20. The van der Waals surface area contributed by atoms with E-state index in [-0.39, 0.29) is 5.04 Å². The van der Waals surface area contributed by atoms with Crippen molar-refractivity contribution in [2.24, 2.45) is 0 Å². The molecule has 2 nitrogen and oxygen atoms in total. The molecule has 1 unspecified atom stereocenters. The normalized spacial score (nSPS) is 29.4. The minimum Gasteiger partial charge on any atom is -0.547 e. The SMILES string of the molecule is CC(C)(C)[Si](C)(C)OC1=CC([Si](C)(C)C)[C@@](C)(O)C1. The van der Waals surface area contributed by atoms with E-state index in [1.807, 2.05) is 6.92 Å². The van der Waals surface area contributed by atoms with Gasteiger partial charge in [0.1, 0.15) is 0 Å². The lowest BCUT2D eigenvalue weighted by Gasteiger charge is -2.37. The third-order valence-corrected chi connectivity index (χ3v) is 11.7. The van der Waals surface area contributed by atoms with Crippen molar-refractivity contribution in [1.29, 1.82) is 0 Å². The summed E-state index contributed by atoms with van der Waals surface area (Å²) >= 11 is 0. The highest BCUT2D eigenvalue weighted by atomic mass is 28.4. The van der Waals surface area contributed by atoms with Crippen LogP contribution in [0.2, 0.25) is 43.3 Å². The van der Waals surface area contributed by atoms with E-state index >= 15 is 0 Å². The standard InChI is InChI=1S/C15H32O2Si2/c1-14(2,3)19(8,9)17-12-10-13(18(5,6)7)15(4,16)11-12/h10,13,16H,11H2,1-9H3/t13?,15-/m0/s1. The number of aliphatic hydroxyl groups is 1. The molecule has 19 heavy (non-hydrogen) atoms. The highest BCUT2D eigenvalue weighted by Crippen LogP contribution is 2.47. The van der Waals surface area contributed by atoms with E-state index in [4.69, 9.17) is 4.43 Å². The van der Waals surface area contributed by atoms with Crippen LogP contribution >= 0.6 is 0 Å². The van der Waals surface area contributed by atoms with Crippen molar-refractivity contribution in [2.75, 3.05) is 0 Å². The smallest absolute Gasteiger partial charge is 0.250 e. The van der Waals surface area contributed by atoms with Gasteiger partial charge in [-0.05, 0) is 31.1 Å². The van der Waals surface area contributed by atoms with E-state index in [1.54, 1.807) is 0 Å². The molecule has 0 aromatic carbocycles. The van der Waals surface area contributed by atoms with Crippen molar-refractivity contribution in [1.82, 2.24) is 0 Å². The van der Waals surface area contributed by atoms with Crippen molar-refractivity contribution in [2.45, 2.75) is 83.0 Å². The van der Waals surface area contributed by atoms with Crippen LogP contribution in [-0.4, -0.2) is 27.1 Å². The molecule has 0 bridgehead atoms. The molecule has 1 aliphatic rings. The van der Waals surface area contributed by atoms with Crippen molar-refractivity contribution >= 4 is 16.4 Å². The summed E-state index contributed by atoms with van der Waals surface area (Å²) in [5.74, 6) is 1.03. The Labute approximate surface area is 121 Å². The van der Waals surface area contributed by atoms with Crippen molar-refractivity contribution in [3.05, 3.63) is 11.8 Å². The Morgan fingerprint density at radius 1 is 1.21 bits per heavy atom. The lowest BCUT2D eigenvalue weighted by Crippen LogP contribution is -2.41. The molecular weight excluding hydrogens is 268 g/mol. The van der Waals surface area contributed by atoms with Crippen LogP contribution in [0.15, 0.2) is 11.8 Å². The molecule has 0 radical (unpaired) electrons. The molecule has 112 valence electrons. The molecule has 0 spiro atoms. The maximum absolute atomic E-state index is 10.7. The van der Waals surface area contributed by atoms with E-state index in [0.29, 0.717) is 12.0 Å². The second-order valence-electron chi connectivity index (χ2n) is 8.87. The molecule has 0 heterocycles. The topological polar surface area (TPSA) is 29.5 Å². The molecule has 4 heteroatoms. The first kappa shape index (κ1) is 17.0. The van der Waals surface area contributed by atoms with Crippen LogP contribution in [0.25, 0.3) is 0 Å². The van der Waals surface area contributed by atoms with Crippen molar-refractivity contribution < 1.29 is 9.53 Å². The zero-order chi connectivity index (χ0) is 15.3. The van der Waals surface area contributed by atoms with Gasteiger partial charge in [0, 0.05) is 12.0 Å². The van der Waals surface area contributed by atoms with Crippen LogP contribution in [0.5, 0.6) is 0 Å². The Bertz CT molecular complexity index is 371. The molecule has 1 N–H and O–H groups in total. The molecular formula is C15H32O2Si2. The maximum Gasteiger partial charge on any atom is 0.250 e. The van der Waals surface area contributed by atoms with Gasteiger partial charge in [-0.2, -0.15) is 0 Å². The summed E-state index contributed by atoms with van der Waals surface area (Å²) < 4.78 is 6.39. The van der Waals surface area contributed by atoms with Crippen LogP contribution in [0.4, 0.5) is 0 Å². The third-order valence-electron chi connectivity index (χ3n) is 4.68. The average molecular weight is 301 g/mol. The van der Waals surface area contributed by atoms with Gasteiger partial charge in [0.05, 0.1) is 19.4 Å². The number of hydrogen-bond acceptors (Lipinski definition) is 2. The lowest BCUT2D eigenvalue weighted by atomic mass is 10.0. The molecule has 0 saturated heterocycles. The fourth-order valence-electron chi connectivity index (χ4n) is 2.62. The third kappa shape index (κ3) is 3.73. The first-order valence-electron chi connectivity index (χ1n) is 7.29. The maximum atomic E-state index is 10.7. The van der Waals surface area contributed by atoms with Crippen LogP contribution in [0.3, 0.4) is 0 Å². The Morgan fingerprint density at radius 2 is 1.68 bits per heavy atom. The fraction of sp³-hybridized carbons (Fsp3) is 0.867. The Balaban J connectivity index is 2.95. The molecule has 1 rings (SSSR count). The van der Waals surface area contributed by atoms with Gasteiger partial charge in [-0.15, -0.1) is 0 Å². The minimum absolute atomic E-state index is 0.205. The van der Waals surface area contributed by atoms with Gasteiger partial charge in [-0.3, -0.25) is 0 Å². The molecule has 2 atom stereocenters. The van der Waals surface area contributed by atoms with Gasteiger partial charge < -0.3 is 9.53 Å². The largest absolute Gasteiger partial charge is 0.547 e. The van der Waals surface area contributed by atoms with E-state index in [9.17, 15) is 5.11 Å². The van der Waals surface area contributed by atoms with Crippen LogP contribution < -0.4 is 0 Å². The first-order valence-corrected chi connectivity index (χ1v) is 13.8. The van der Waals surface area contributed by atoms with Crippen molar-refractivity contribution in [3.8, 4) is 0 Å². The second-order valence-corrected chi connectivity index (χ2v) is 19.0. The van der Waals surface area contributed by atoms with Crippen LogP contribution in [-0.2, 0) is 4.43 Å². The molecule has 1 aliphatic carbocycles. The summed E-state index contributed by atoms with van der Waals surface area (Å²) in [5.41, 5.74) is -0.331. The molecule has 0 aromatic rings. The monoisotopic (exact) mass is 300 g/mol. The minimum atomic E-state index is -1.79. The van der Waals surface area contributed by atoms with Gasteiger partial charge in [-0.1, -0.05) is 40.4 Å². The Hall–Kier alpha value is -0.0662. The molecule has 0 amide bonds. The van der Waals surface area contributed by atoms with Gasteiger partial charge >= 0.3 is 0 Å². The van der Waals surface area contributed by atoms with E-state index in [2.05, 4.69) is 59.6 Å². The van der Waals surface area contributed by atoms with Gasteiger partial charge in [0.25, 0.3) is 0 Å². The Kier molecular flexibility index (Phi) is 4.24. The second kappa shape index (κ2) is 4.74. The van der Waals surface area contributed by atoms with E-state index in [0.717, 1.165) is 5.76 Å². The van der Waals surface area contributed by atoms with Crippen LogP contribution in [0, 0.1) is 0 Å². The predicted molar refractivity (Wildman–Crippen MR) is 88.7 cm³/mol. The highest BCUT2D eigenvalue weighted by Gasteiger charge is 2.47. The lowest BCUT2D eigenvalue weighted by molar-refractivity contribution is 0.0647. The van der Waals surface area contributed by atoms with Crippen molar-refractivity contribution in [3.63, 3.8) is 0 Å². The zero-order valence-corrected chi connectivity index (χ0v) is 16.2. The first-order chi connectivity index (χ1) is 8.17. The van der Waals surface area contributed by atoms with Crippen LogP contribution in [0.1, 0.15) is 34.1 Å². The average Bonchev–Trinajstić information content (AvgIpc) is 2.36. The van der Waals surface area contributed by atoms with Gasteiger partial charge in [0.15, 0.2) is 0 Å². The molecule has 0 fully saturated rings. The molecule has 0 saturated carbocycles. The summed E-state index contributed by atoms with van der Waals surface area (Å²) in [6.07, 6.45) is 2.90. The number of rotatable bonds is 3. The van der Waals surface area contributed by atoms with E-state index in [1.165, 1.54) is 0 Å². The van der Waals surface area contributed by atoms with E-state index < -0.39 is 22.0 Å². The highest BCUT2D eigenvalue weighted by molar-refractivity contribution is 6.78. The summed E-state index contributed by atoms with van der Waals surface area (Å²) in [4.78, 5) is 0.